The molecule has 1 saturated carbocycles. The minimum absolute atomic E-state index is 0.758. The van der Waals surface area contributed by atoms with Crippen LogP contribution < -0.4 is 0 Å². The molecule has 2 aliphatic rings. The van der Waals surface area contributed by atoms with Crippen LogP contribution in [0.25, 0.3) is 11.1 Å². The lowest BCUT2D eigenvalue weighted by Crippen LogP contribution is -2.02. The molecule has 0 radical (unpaired) electrons. The minimum atomic E-state index is 0.758. The van der Waals surface area contributed by atoms with Gasteiger partial charge in [-0.25, -0.2) is 0 Å². The van der Waals surface area contributed by atoms with E-state index in [0.29, 0.717) is 0 Å². The first-order valence-electron chi connectivity index (χ1n) is 9.48. The average molecular weight is 348 g/mol. The van der Waals surface area contributed by atoms with Crippen molar-refractivity contribution in [2.24, 2.45) is 18.0 Å². The number of aryl methyl sites for hydroxylation is 1. The molecular weight excluding hydrogens is 318 g/mol. The number of rotatable bonds is 6. The Hall–Kier alpha value is -2.42. The van der Waals surface area contributed by atoms with E-state index in [2.05, 4.69) is 30.8 Å². The Labute approximate surface area is 157 Å². The summed E-state index contributed by atoms with van der Waals surface area (Å²) in [4.78, 5) is 4.57. The van der Waals surface area contributed by atoms with Crippen LogP contribution in [-0.2, 0) is 7.05 Å². The summed E-state index contributed by atoms with van der Waals surface area (Å²) in [6, 6.07) is 0. The first-order chi connectivity index (χ1) is 12.5. The standard InChI is InChI=1S/C23H29N3/c1-6-8-13-24-17(4)19(7-2)22-15-26(5)25-23(22)21-14-16(3)9-12-20(21)18-10-11-18/h6-8,13-15,18H,2,9-12H2,1,3-5H3/b8-6-,19-17-,24-13-. The molecule has 1 aromatic rings. The maximum atomic E-state index is 4.84. The van der Waals surface area contributed by atoms with Crippen molar-refractivity contribution in [2.45, 2.75) is 46.5 Å². The lowest BCUT2D eigenvalue weighted by Gasteiger charge is -2.19. The Kier molecular flexibility index (Phi) is 5.55. The smallest absolute Gasteiger partial charge is 0.100 e. The van der Waals surface area contributed by atoms with Crippen molar-refractivity contribution in [1.82, 2.24) is 9.78 Å². The molecule has 3 rings (SSSR count). The van der Waals surface area contributed by atoms with Crippen molar-refractivity contribution in [2.75, 3.05) is 0 Å². The molecule has 136 valence electrons. The van der Waals surface area contributed by atoms with E-state index in [4.69, 9.17) is 5.10 Å². The fraction of sp³-hybridized carbons (Fsp3) is 0.391. The molecule has 0 aliphatic heterocycles. The van der Waals surface area contributed by atoms with Gasteiger partial charge >= 0.3 is 0 Å². The summed E-state index contributed by atoms with van der Waals surface area (Å²) in [5, 5.41) is 4.84. The molecule has 0 saturated heterocycles. The van der Waals surface area contributed by atoms with Crippen LogP contribution in [0.1, 0.15) is 57.7 Å². The van der Waals surface area contributed by atoms with Gasteiger partial charge in [0.25, 0.3) is 0 Å². The third-order valence-electron chi connectivity index (χ3n) is 5.11. The Morgan fingerprint density at radius 3 is 2.77 bits per heavy atom. The highest BCUT2D eigenvalue weighted by Gasteiger charge is 2.31. The number of aromatic nitrogens is 2. The van der Waals surface area contributed by atoms with E-state index >= 15 is 0 Å². The number of hydrogen-bond donors (Lipinski definition) is 0. The van der Waals surface area contributed by atoms with Gasteiger partial charge in [0.2, 0.25) is 0 Å². The van der Waals surface area contributed by atoms with Gasteiger partial charge in [0.05, 0.1) is 0 Å². The predicted molar refractivity (Wildman–Crippen MR) is 112 cm³/mol. The maximum absolute atomic E-state index is 4.84. The Morgan fingerprint density at radius 1 is 1.35 bits per heavy atom. The summed E-state index contributed by atoms with van der Waals surface area (Å²) in [6.45, 7) is 10.3. The SMILES string of the molecule is C=C/C(=C(C)/N=C\C=C/C)c1cn(C)nc1C1=C(C2CC2)CCC(C)=C1. The van der Waals surface area contributed by atoms with Gasteiger partial charge < -0.3 is 0 Å². The molecule has 3 heteroatoms. The summed E-state index contributed by atoms with van der Waals surface area (Å²) >= 11 is 0. The molecule has 0 amide bonds. The van der Waals surface area contributed by atoms with Crippen LogP contribution in [-0.4, -0.2) is 16.0 Å². The first kappa shape index (κ1) is 18.4. The van der Waals surface area contributed by atoms with Crippen molar-refractivity contribution in [3.8, 4) is 0 Å². The zero-order valence-electron chi connectivity index (χ0n) is 16.4. The average Bonchev–Trinajstić information content (AvgIpc) is 3.38. The van der Waals surface area contributed by atoms with Crippen LogP contribution in [0.4, 0.5) is 0 Å². The van der Waals surface area contributed by atoms with Crippen molar-refractivity contribution >= 4 is 17.4 Å². The lowest BCUT2D eigenvalue weighted by atomic mass is 9.86. The topological polar surface area (TPSA) is 30.2 Å². The third kappa shape index (κ3) is 3.87. The van der Waals surface area contributed by atoms with Gasteiger partial charge in [-0.15, -0.1) is 0 Å². The maximum Gasteiger partial charge on any atom is 0.100 e. The van der Waals surface area contributed by atoms with Gasteiger partial charge in [-0.3, -0.25) is 9.67 Å². The highest BCUT2D eigenvalue weighted by molar-refractivity contribution is 5.88. The van der Waals surface area contributed by atoms with Crippen LogP contribution in [0.2, 0.25) is 0 Å². The van der Waals surface area contributed by atoms with Crippen molar-refractivity contribution in [3.05, 3.63) is 65.2 Å². The highest BCUT2D eigenvalue weighted by Crippen LogP contribution is 2.46. The minimum Gasteiger partial charge on any atom is -0.275 e. The Balaban J connectivity index is 2.13. The Bertz CT molecular complexity index is 852. The van der Waals surface area contributed by atoms with E-state index in [1.807, 2.05) is 50.0 Å². The fourth-order valence-corrected chi connectivity index (χ4v) is 3.60. The van der Waals surface area contributed by atoms with Gasteiger partial charge in [-0.05, 0) is 58.4 Å². The van der Waals surface area contributed by atoms with E-state index < -0.39 is 0 Å². The summed E-state index contributed by atoms with van der Waals surface area (Å²) in [6.07, 6.45) is 17.1. The zero-order chi connectivity index (χ0) is 18.7. The van der Waals surface area contributed by atoms with E-state index in [-0.39, 0.29) is 0 Å². The fourth-order valence-electron chi connectivity index (χ4n) is 3.60. The molecule has 2 aliphatic carbocycles. The normalized spacial score (nSPS) is 19.3. The molecule has 0 aromatic carbocycles. The molecule has 1 aromatic heterocycles. The monoisotopic (exact) mass is 347 g/mol. The van der Waals surface area contributed by atoms with E-state index in [0.717, 1.165) is 28.4 Å². The molecule has 0 unspecified atom stereocenters. The molecule has 26 heavy (non-hydrogen) atoms. The summed E-state index contributed by atoms with van der Waals surface area (Å²) in [5.74, 6) is 0.758. The highest BCUT2D eigenvalue weighted by atomic mass is 15.3. The lowest BCUT2D eigenvalue weighted by molar-refractivity contribution is 0.760. The number of allylic oxidation sites excluding steroid dienone is 9. The predicted octanol–water partition coefficient (Wildman–Crippen LogP) is 5.89. The second-order valence-corrected chi connectivity index (χ2v) is 7.28. The van der Waals surface area contributed by atoms with Crippen LogP contribution in [0.3, 0.4) is 0 Å². The molecule has 0 spiro atoms. The largest absolute Gasteiger partial charge is 0.275 e. The van der Waals surface area contributed by atoms with Gasteiger partial charge in [0.1, 0.15) is 5.69 Å². The van der Waals surface area contributed by atoms with Crippen molar-refractivity contribution in [3.63, 3.8) is 0 Å². The van der Waals surface area contributed by atoms with Crippen LogP contribution in [0.5, 0.6) is 0 Å². The van der Waals surface area contributed by atoms with Crippen LogP contribution in [0, 0.1) is 5.92 Å². The number of hydrogen-bond acceptors (Lipinski definition) is 2. The van der Waals surface area contributed by atoms with Crippen molar-refractivity contribution < 1.29 is 0 Å². The van der Waals surface area contributed by atoms with Gasteiger partial charge in [-0.2, -0.15) is 5.10 Å². The number of nitrogens with zero attached hydrogens (tertiary/aromatic N) is 3. The molecule has 0 atom stereocenters. The van der Waals surface area contributed by atoms with Crippen LogP contribution >= 0.6 is 0 Å². The third-order valence-corrected chi connectivity index (χ3v) is 5.11. The zero-order valence-corrected chi connectivity index (χ0v) is 16.4. The van der Waals surface area contributed by atoms with E-state index in [1.54, 1.807) is 5.57 Å². The van der Waals surface area contributed by atoms with Crippen molar-refractivity contribution in [1.29, 1.82) is 0 Å². The van der Waals surface area contributed by atoms with E-state index in [9.17, 15) is 0 Å². The van der Waals surface area contributed by atoms with Gasteiger partial charge in [0.15, 0.2) is 0 Å². The second kappa shape index (κ2) is 7.86. The van der Waals surface area contributed by atoms with Crippen LogP contribution in [0.15, 0.2) is 58.9 Å². The molecule has 0 bridgehead atoms. The molecule has 3 nitrogen and oxygen atoms in total. The van der Waals surface area contributed by atoms with Gasteiger partial charge in [0, 0.05) is 41.9 Å². The first-order valence-corrected chi connectivity index (χ1v) is 9.48. The summed E-state index contributed by atoms with van der Waals surface area (Å²) in [7, 11) is 1.99. The summed E-state index contributed by atoms with van der Waals surface area (Å²) < 4.78 is 1.91. The second-order valence-electron chi connectivity index (χ2n) is 7.28. The molecule has 1 heterocycles. The quantitative estimate of drug-likeness (QED) is 0.466. The molecular formula is C23H29N3. The molecule has 1 fully saturated rings. The van der Waals surface area contributed by atoms with Gasteiger partial charge in [-0.1, -0.05) is 36.0 Å². The summed E-state index contributed by atoms with van der Waals surface area (Å²) in [5.41, 5.74) is 8.56. The van der Waals surface area contributed by atoms with E-state index in [1.165, 1.54) is 36.8 Å². The Morgan fingerprint density at radius 2 is 2.12 bits per heavy atom. The molecule has 0 N–H and O–H groups in total. The number of aliphatic imine (C=N–C) groups is 1.